The lowest BCUT2D eigenvalue weighted by atomic mass is 9.85. The molecule has 2 N–H and O–H groups in total. The molecule has 1 heterocycles. The Morgan fingerprint density at radius 2 is 2.00 bits per heavy atom. The van der Waals surface area contributed by atoms with Crippen molar-refractivity contribution in [3.05, 3.63) is 0 Å². The van der Waals surface area contributed by atoms with E-state index >= 15 is 0 Å². The molecule has 0 bridgehead atoms. The van der Waals surface area contributed by atoms with Crippen LogP contribution in [0, 0.1) is 5.41 Å². The molecule has 1 saturated heterocycles. The quantitative estimate of drug-likeness (QED) is 0.790. The molecular weight excluding hydrogens is 232 g/mol. The largest absolute Gasteiger partial charge is 0.480 e. The van der Waals surface area contributed by atoms with Crippen molar-refractivity contribution in [1.82, 2.24) is 10.2 Å². The maximum Gasteiger partial charge on any atom is 0.327 e. The van der Waals surface area contributed by atoms with Crippen LogP contribution in [0.4, 0.5) is 0 Å². The number of carboxylic acid groups (broad SMARTS) is 1. The zero-order valence-corrected chi connectivity index (χ0v) is 11.5. The number of amides is 1. The van der Waals surface area contributed by atoms with E-state index in [1.54, 1.807) is 0 Å². The number of hydrogen-bond acceptors (Lipinski definition) is 3. The highest BCUT2D eigenvalue weighted by molar-refractivity contribution is 5.82. The summed E-state index contributed by atoms with van der Waals surface area (Å²) in [4.78, 5) is 24.2. The summed E-state index contributed by atoms with van der Waals surface area (Å²) in [7, 11) is 0. The van der Waals surface area contributed by atoms with Crippen LogP contribution in [-0.4, -0.2) is 47.6 Å². The molecule has 1 fully saturated rings. The van der Waals surface area contributed by atoms with E-state index in [0.717, 1.165) is 25.9 Å². The molecule has 1 atom stereocenters. The lowest BCUT2D eigenvalue weighted by Gasteiger charge is -2.25. The zero-order chi connectivity index (χ0) is 13.8. The average Bonchev–Trinajstić information content (AvgIpc) is 2.38. The molecule has 0 aromatic heterocycles. The predicted molar refractivity (Wildman–Crippen MR) is 69.3 cm³/mol. The fourth-order valence-electron chi connectivity index (χ4n) is 2.35. The second-order valence-corrected chi connectivity index (χ2v) is 5.91. The van der Waals surface area contributed by atoms with Gasteiger partial charge in [-0.2, -0.15) is 0 Å². The number of nitrogens with zero attached hydrogens (tertiary/aromatic N) is 1. The number of hydrogen-bond donors (Lipinski definition) is 2. The van der Waals surface area contributed by atoms with Crippen LogP contribution in [0.5, 0.6) is 0 Å². The van der Waals surface area contributed by atoms with Crippen LogP contribution in [0.25, 0.3) is 0 Å². The van der Waals surface area contributed by atoms with Crippen molar-refractivity contribution in [1.29, 1.82) is 0 Å². The molecule has 5 nitrogen and oxygen atoms in total. The highest BCUT2D eigenvalue weighted by Crippen LogP contribution is 2.29. The average molecular weight is 256 g/mol. The molecule has 5 heteroatoms. The van der Waals surface area contributed by atoms with Crippen LogP contribution in [0.3, 0.4) is 0 Å². The van der Waals surface area contributed by atoms with Crippen LogP contribution >= 0.6 is 0 Å². The Bertz CT molecular complexity index is 315. The highest BCUT2D eigenvalue weighted by Gasteiger charge is 2.26. The Morgan fingerprint density at radius 1 is 1.33 bits per heavy atom. The number of nitrogens with one attached hydrogen (secondary N) is 1. The SMILES string of the molecule is CC(=O)NC(CN1CCCC(C)(C)CC1)C(=O)O. The summed E-state index contributed by atoms with van der Waals surface area (Å²) >= 11 is 0. The number of carboxylic acids is 1. The minimum absolute atomic E-state index is 0.294. The monoisotopic (exact) mass is 256 g/mol. The van der Waals surface area contributed by atoms with E-state index in [2.05, 4.69) is 24.1 Å². The van der Waals surface area contributed by atoms with E-state index in [1.807, 2.05) is 0 Å². The Balaban J connectivity index is 2.53. The fraction of sp³-hybridized carbons (Fsp3) is 0.846. The molecule has 1 aliphatic rings. The topological polar surface area (TPSA) is 69.6 Å². The van der Waals surface area contributed by atoms with Crippen molar-refractivity contribution in [2.75, 3.05) is 19.6 Å². The van der Waals surface area contributed by atoms with Gasteiger partial charge in [-0.1, -0.05) is 13.8 Å². The number of rotatable bonds is 4. The highest BCUT2D eigenvalue weighted by atomic mass is 16.4. The van der Waals surface area contributed by atoms with Gasteiger partial charge in [0.2, 0.25) is 5.91 Å². The van der Waals surface area contributed by atoms with Crippen molar-refractivity contribution in [2.24, 2.45) is 5.41 Å². The molecule has 0 radical (unpaired) electrons. The Kier molecular flexibility index (Phi) is 5.14. The smallest absolute Gasteiger partial charge is 0.327 e. The minimum Gasteiger partial charge on any atom is -0.480 e. The second-order valence-electron chi connectivity index (χ2n) is 5.91. The fourth-order valence-corrected chi connectivity index (χ4v) is 2.35. The van der Waals surface area contributed by atoms with Gasteiger partial charge in [-0.25, -0.2) is 4.79 Å². The van der Waals surface area contributed by atoms with Crippen LogP contribution in [0.2, 0.25) is 0 Å². The van der Waals surface area contributed by atoms with Gasteiger partial charge in [-0.05, 0) is 37.8 Å². The van der Waals surface area contributed by atoms with Crippen molar-refractivity contribution in [3.63, 3.8) is 0 Å². The van der Waals surface area contributed by atoms with Crippen LogP contribution in [0.15, 0.2) is 0 Å². The molecular formula is C13H24N2O3. The van der Waals surface area contributed by atoms with E-state index in [4.69, 9.17) is 5.11 Å². The summed E-state index contributed by atoms with van der Waals surface area (Å²) in [5.74, 6) is -1.26. The van der Waals surface area contributed by atoms with Gasteiger partial charge in [0, 0.05) is 13.5 Å². The first-order valence-corrected chi connectivity index (χ1v) is 6.52. The maximum atomic E-state index is 11.1. The molecule has 1 rings (SSSR count). The lowest BCUT2D eigenvalue weighted by Crippen LogP contribution is -2.48. The third kappa shape index (κ3) is 5.04. The molecule has 1 amide bonds. The van der Waals surface area contributed by atoms with Gasteiger partial charge in [0.15, 0.2) is 0 Å². The molecule has 18 heavy (non-hydrogen) atoms. The summed E-state index contributed by atoms with van der Waals surface area (Å²) in [6, 6.07) is -0.802. The first kappa shape index (κ1) is 15.0. The zero-order valence-electron chi connectivity index (χ0n) is 11.5. The lowest BCUT2D eigenvalue weighted by molar-refractivity contribution is -0.142. The number of carbonyl (C=O) groups excluding carboxylic acids is 1. The standard InChI is InChI=1S/C13H24N2O3/c1-10(16)14-11(12(17)18)9-15-7-4-5-13(2,3)6-8-15/h11H,4-9H2,1-3H3,(H,14,16)(H,17,18). The van der Waals surface area contributed by atoms with Gasteiger partial charge in [-0.3, -0.25) is 4.79 Å². The first-order valence-electron chi connectivity index (χ1n) is 6.52. The van der Waals surface area contributed by atoms with Gasteiger partial charge in [0.25, 0.3) is 0 Å². The van der Waals surface area contributed by atoms with E-state index in [1.165, 1.54) is 13.3 Å². The van der Waals surface area contributed by atoms with Crippen molar-refractivity contribution < 1.29 is 14.7 Å². The van der Waals surface area contributed by atoms with Crippen molar-refractivity contribution in [2.45, 2.75) is 46.1 Å². The summed E-state index contributed by atoms with van der Waals surface area (Å²) in [6.07, 6.45) is 3.32. The van der Waals surface area contributed by atoms with Crippen molar-refractivity contribution in [3.8, 4) is 0 Å². The number of carbonyl (C=O) groups is 2. The van der Waals surface area contributed by atoms with E-state index < -0.39 is 12.0 Å². The summed E-state index contributed by atoms with van der Waals surface area (Å²) in [5, 5.41) is 11.6. The molecule has 0 spiro atoms. The van der Waals surface area contributed by atoms with Crippen LogP contribution in [-0.2, 0) is 9.59 Å². The van der Waals surface area contributed by atoms with Crippen molar-refractivity contribution >= 4 is 11.9 Å². The van der Waals surface area contributed by atoms with Gasteiger partial charge >= 0.3 is 5.97 Å². The number of aliphatic carboxylic acids is 1. The van der Waals surface area contributed by atoms with Crippen LogP contribution in [0.1, 0.15) is 40.0 Å². The molecule has 0 aromatic carbocycles. The van der Waals surface area contributed by atoms with E-state index in [9.17, 15) is 9.59 Å². The third-order valence-electron chi connectivity index (χ3n) is 3.55. The number of likely N-dealkylation sites (tertiary alicyclic amines) is 1. The normalized spacial score (nSPS) is 21.9. The molecule has 1 aliphatic heterocycles. The second kappa shape index (κ2) is 6.18. The van der Waals surface area contributed by atoms with Gasteiger partial charge in [0.05, 0.1) is 0 Å². The Labute approximate surface area is 109 Å². The first-order chi connectivity index (χ1) is 8.30. The summed E-state index contributed by atoms with van der Waals surface area (Å²) < 4.78 is 0. The van der Waals surface area contributed by atoms with Gasteiger partial charge in [-0.15, -0.1) is 0 Å². The Morgan fingerprint density at radius 3 is 2.56 bits per heavy atom. The Hall–Kier alpha value is -1.10. The molecule has 1 unspecified atom stereocenters. The molecule has 104 valence electrons. The molecule has 0 saturated carbocycles. The van der Waals surface area contributed by atoms with Crippen LogP contribution < -0.4 is 5.32 Å². The predicted octanol–water partition coefficient (Wildman–Crippen LogP) is 1.09. The molecule has 0 aliphatic carbocycles. The minimum atomic E-state index is -0.964. The summed E-state index contributed by atoms with van der Waals surface area (Å²) in [5.41, 5.74) is 0.335. The summed E-state index contributed by atoms with van der Waals surface area (Å²) in [6.45, 7) is 8.05. The third-order valence-corrected chi connectivity index (χ3v) is 3.55. The van der Waals surface area contributed by atoms with E-state index in [-0.39, 0.29) is 5.91 Å². The molecule has 0 aromatic rings. The van der Waals surface area contributed by atoms with E-state index in [0.29, 0.717) is 12.0 Å². The van der Waals surface area contributed by atoms with Gasteiger partial charge in [0.1, 0.15) is 6.04 Å². The van der Waals surface area contributed by atoms with Gasteiger partial charge < -0.3 is 15.3 Å². The maximum absolute atomic E-state index is 11.1.